The van der Waals surface area contributed by atoms with Crippen molar-refractivity contribution in [1.82, 2.24) is 4.98 Å². The van der Waals surface area contributed by atoms with Crippen molar-refractivity contribution in [3.63, 3.8) is 0 Å². The molecule has 9 heteroatoms. The molecule has 1 aromatic heterocycles. The van der Waals surface area contributed by atoms with E-state index in [2.05, 4.69) is 10.3 Å². The van der Waals surface area contributed by atoms with Crippen LogP contribution in [0.25, 0.3) is 0 Å². The predicted molar refractivity (Wildman–Crippen MR) is 65.5 cm³/mol. The Labute approximate surface area is 115 Å². The van der Waals surface area contributed by atoms with Crippen molar-refractivity contribution in [3.8, 4) is 0 Å². The van der Waals surface area contributed by atoms with Gasteiger partial charge in [0, 0.05) is 12.1 Å². The molecule has 0 aliphatic rings. The maximum absolute atomic E-state index is 13.4. The second-order valence-electron chi connectivity index (χ2n) is 3.66. The summed E-state index contributed by atoms with van der Waals surface area (Å²) in [6.45, 7) is 0. The molecule has 2 aromatic rings. The van der Waals surface area contributed by atoms with Gasteiger partial charge in [0.2, 0.25) is 0 Å². The van der Waals surface area contributed by atoms with Gasteiger partial charge in [-0.25, -0.2) is 18.2 Å². The third kappa shape index (κ3) is 2.97. The molecular weight excluding hydrogens is 299 g/mol. The fourth-order valence-electron chi connectivity index (χ4n) is 1.41. The smallest absolute Gasteiger partial charge is 0.276 e. The van der Waals surface area contributed by atoms with Crippen LogP contribution in [0.1, 0.15) is 0 Å². The van der Waals surface area contributed by atoms with Crippen LogP contribution in [-0.2, 0) is 0 Å². The number of halogens is 4. The van der Waals surface area contributed by atoms with Gasteiger partial charge in [0.25, 0.3) is 5.69 Å². The van der Waals surface area contributed by atoms with Crippen LogP contribution in [0.4, 0.5) is 30.4 Å². The third-order valence-electron chi connectivity index (χ3n) is 2.26. The average molecular weight is 304 g/mol. The zero-order valence-corrected chi connectivity index (χ0v) is 10.3. The minimum Gasteiger partial charge on any atom is -0.337 e. The molecule has 1 N–H and O–H groups in total. The second kappa shape index (κ2) is 5.33. The van der Waals surface area contributed by atoms with Crippen LogP contribution in [0.15, 0.2) is 24.3 Å². The summed E-state index contributed by atoms with van der Waals surface area (Å²) in [6.07, 6.45) is 0. The van der Waals surface area contributed by atoms with Gasteiger partial charge in [-0.1, -0.05) is 11.6 Å². The van der Waals surface area contributed by atoms with E-state index < -0.39 is 28.1 Å². The molecule has 0 aliphatic heterocycles. The first-order valence-electron chi connectivity index (χ1n) is 5.10. The molecule has 1 aromatic carbocycles. The van der Waals surface area contributed by atoms with Gasteiger partial charge >= 0.3 is 0 Å². The Morgan fingerprint density at radius 2 is 1.75 bits per heavy atom. The van der Waals surface area contributed by atoms with Gasteiger partial charge in [-0.05, 0) is 0 Å². The first-order valence-corrected chi connectivity index (χ1v) is 5.48. The molecule has 5 nitrogen and oxygen atoms in total. The molecular formula is C11H5ClF3N3O2. The highest BCUT2D eigenvalue weighted by Gasteiger charge is 2.14. The van der Waals surface area contributed by atoms with Gasteiger partial charge < -0.3 is 5.32 Å². The third-order valence-corrected chi connectivity index (χ3v) is 2.46. The second-order valence-corrected chi connectivity index (χ2v) is 4.05. The Morgan fingerprint density at radius 1 is 1.10 bits per heavy atom. The van der Waals surface area contributed by atoms with E-state index in [0.717, 1.165) is 12.1 Å². The number of nitrogens with zero attached hydrogens (tertiary/aromatic N) is 2. The molecule has 0 bridgehead atoms. The number of hydrogen-bond donors (Lipinski definition) is 1. The van der Waals surface area contributed by atoms with E-state index >= 15 is 0 Å². The van der Waals surface area contributed by atoms with Crippen LogP contribution in [0, 0.1) is 27.6 Å². The van der Waals surface area contributed by atoms with Crippen LogP contribution < -0.4 is 5.32 Å². The van der Waals surface area contributed by atoms with Crippen LogP contribution >= 0.6 is 11.6 Å². The van der Waals surface area contributed by atoms with Crippen molar-refractivity contribution in [3.05, 3.63) is 57.0 Å². The molecule has 0 saturated carbocycles. The fourth-order valence-corrected chi connectivity index (χ4v) is 1.61. The first kappa shape index (κ1) is 14.1. The molecule has 0 spiro atoms. The minimum atomic E-state index is -1.35. The number of benzene rings is 1. The Balaban J connectivity index is 2.40. The highest BCUT2D eigenvalue weighted by atomic mass is 35.5. The van der Waals surface area contributed by atoms with Gasteiger partial charge in [-0.15, -0.1) is 0 Å². The van der Waals surface area contributed by atoms with E-state index in [1.807, 2.05) is 0 Å². The Morgan fingerprint density at radius 3 is 2.40 bits per heavy atom. The number of aromatic nitrogens is 1. The topological polar surface area (TPSA) is 68.1 Å². The highest BCUT2D eigenvalue weighted by Crippen LogP contribution is 2.25. The van der Waals surface area contributed by atoms with Gasteiger partial charge in [0.05, 0.1) is 22.7 Å². The molecule has 0 unspecified atom stereocenters. The number of anilines is 2. The lowest BCUT2D eigenvalue weighted by Crippen LogP contribution is -2.00. The van der Waals surface area contributed by atoms with Crippen molar-refractivity contribution in [2.75, 3.05) is 5.32 Å². The lowest BCUT2D eigenvalue weighted by molar-refractivity contribution is -0.384. The summed E-state index contributed by atoms with van der Waals surface area (Å²) in [5.41, 5.74) is -0.802. The zero-order chi connectivity index (χ0) is 14.9. The average Bonchev–Trinajstić information content (AvgIpc) is 2.35. The summed E-state index contributed by atoms with van der Waals surface area (Å²) in [5.74, 6) is -3.87. The molecule has 20 heavy (non-hydrogen) atoms. The normalized spacial score (nSPS) is 10.4. The Kier molecular flexibility index (Phi) is 3.75. The number of rotatable bonds is 3. The predicted octanol–water partition coefficient (Wildman–Crippen LogP) is 3.80. The molecule has 0 radical (unpaired) electrons. The summed E-state index contributed by atoms with van der Waals surface area (Å²) >= 11 is 5.57. The monoisotopic (exact) mass is 303 g/mol. The van der Waals surface area contributed by atoms with Gasteiger partial charge in [0.15, 0.2) is 11.6 Å². The maximum atomic E-state index is 13.4. The van der Waals surface area contributed by atoms with Crippen molar-refractivity contribution in [1.29, 1.82) is 0 Å². The number of nitrogens with one attached hydrogen (secondary N) is 1. The quantitative estimate of drug-likeness (QED) is 0.405. The lowest BCUT2D eigenvalue weighted by Gasteiger charge is -2.07. The first-order chi connectivity index (χ1) is 9.36. The van der Waals surface area contributed by atoms with Crippen molar-refractivity contribution in [2.45, 2.75) is 0 Å². The number of pyridine rings is 1. The van der Waals surface area contributed by atoms with Crippen molar-refractivity contribution in [2.24, 2.45) is 0 Å². The summed E-state index contributed by atoms with van der Waals surface area (Å²) < 4.78 is 39.2. The molecule has 0 amide bonds. The molecule has 104 valence electrons. The van der Waals surface area contributed by atoms with E-state index in [0.29, 0.717) is 12.1 Å². The largest absolute Gasteiger partial charge is 0.337 e. The van der Waals surface area contributed by atoms with Gasteiger partial charge in [-0.3, -0.25) is 10.1 Å². The Hall–Kier alpha value is -2.35. The number of hydrogen-bond acceptors (Lipinski definition) is 4. The van der Waals surface area contributed by atoms with Gasteiger partial charge in [-0.2, -0.15) is 0 Å². The van der Waals surface area contributed by atoms with E-state index in [1.54, 1.807) is 0 Å². The van der Waals surface area contributed by atoms with Crippen molar-refractivity contribution < 1.29 is 18.1 Å². The van der Waals surface area contributed by atoms with Crippen LogP contribution in [0.5, 0.6) is 0 Å². The molecule has 0 fully saturated rings. The van der Waals surface area contributed by atoms with Crippen LogP contribution in [0.3, 0.4) is 0 Å². The fraction of sp³-hybridized carbons (Fsp3) is 0. The Bertz CT molecular complexity index is 697. The summed E-state index contributed by atoms with van der Waals surface area (Å²) in [7, 11) is 0. The minimum absolute atomic E-state index is 0.172. The van der Waals surface area contributed by atoms with Crippen LogP contribution in [-0.4, -0.2) is 9.91 Å². The van der Waals surface area contributed by atoms with E-state index in [9.17, 15) is 23.3 Å². The SMILES string of the molecule is O=[N+]([O-])c1cc(Cl)nc(Nc2cc(F)c(F)cc2F)c1. The highest BCUT2D eigenvalue weighted by molar-refractivity contribution is 6.29. The molecule has 0 saturated heterocycles. The molecule has 0 aliphatic carbocycles. The zero-order valence-electron chi connectivity index (χ0n) is 9.53. The number of nitro groups is 1. The lowest BCUT2D eigenvalue weighted by atomic mass is 10.2. The molecule has 1 heterocycles. The summed E-state index contributed by atoms with van der Waals surface area (Å²) in [5, 5.41) is 12.7. The van der Waals surface area contributed by atoms with Crippen LogP contribution in [0.2, 0.25) is 5.15 Å². The maximum Gasteiger partial charge on any atom is 0.276 e. The summed E-state index contributed by atoms with van der Waals surface area (Å²) in [6, 6.07) is 2.89. The van der Waals surface area contributed by atoms with E-state index in [1.165, 1.54) is 0 Å². The molecule has 0 atom stereocenters. The van der Waals surface area contributed by atoms with E-state index in [4.69, 9.17) is 11.6 Å². The van der Waals surface area contributed by atoms with Crippen molar-refractivity contribution >= 4 is 28.8 Å². The molecule has 2 rings (SSSR count). The van der Waals surface area contributed by atoms with E-state index in [-0.39, 0.29) is 16.7 Å². The summed E-state index contributed by atoms with van der Waals surface area (Å²) in [4.78, 5) is 13.6. The standard InChI is InChI=1S/C11H5ClF3N3O2/c12-10-1-5(18(19)20)2-11(17-10)16-9-4-7(14)6(13)3-8(9)15/h1-4H,(H,16,17). The van der Waals surface area contributed by atoms with Gasteiger partial charge in [0.1, 0.15) is 16.8 Å².